The average molecular weight is 354 g/mol. The van der Waals surface area contributed by atoms with E-state index in [0.29, 0.717) is 10.2 Å². The molecule has 0 bridgehead atoms. The van der Waals surface area contributed by atoms with E-state index in [1.807, 2.05) is 0 Å². The lowest BCUT2D eigenvalue weighted by Gasteiger charge is -2.14. The van der Waals surface area contributed by atoms with Gasteiger partial charge >= 0.3 is 12.1 Å². The van der Waals surface area contributed by atoms with E-state index < -0.39 is 17.7 Å². The van der Waals surface area contributed by atoms with Crippen LogP contribution in [0.3, 0.4) is 0 Å². The second-order valence-corrected chi connectivity index (χ2v) is 5.18. The Morgan fingerprint density at radius 2 is 2.05 bits per heavy atom. The zero-order valence-electron chi connectivity index (χ0n) is 11.1. The number of ether oxygens (including phenoxy) is 1. The van der Waals surface area contributed by atoms with Crippen molar-refractivity contribution in [3.8, 4) is 0 Å². The number of halogens is 4. The highest BCUT2D eigenvalue weighted by Crippen LogP contribution is 2.33. The van der Waals surface area contributed by atoms with Crippen LogP contribution in [0.2, 0.25) is 0 Å². The molecule has 3 nitrogen and oxygen atoms in total. The van der Waals surface area contributed by atoms with Gasteiger partial charge < -0.3 is 10.1 Å². The summed E-state index contributed by atoms with van der Waals surface area (Å²) < 4.78 is 43.1. The number of carbonyl (C=O) groups excluding carboxylic acids is 1. The molecule has 0 saturated carbocycles. The minimum atomic E-state index is -4.41. The van der Waals surface area contributed by atoms with E-state index in [0.717, 1.165) is 12.1 Å². The van der Waals surface area contributed by atoms with Gasteiger partial charge in [-0.2, -0.15) is 13.2 Å². The number of nitrogens with one attached hydrogen (secondary N) is 1. The van der Waals surface area contributed by atoms with Crippen molar-refractivity contribution in [1.29, 1.82) is 0 Å². The van der Waals surface area contributed by atoms with Gasteiger partial charge in [-0.05, 0) is 25.1 Å². The predicted octanol–water partition coefficient (Wildman–Crippen LogP) is 4.08. The number of esters is 1. The van der Waals surface area contributed by atoms with Crippen LogP contribution in [0.4, 0.5) is 18.9 Å². The van der Waals surface area contributed by atoms with Gasteiger partial charge in [0.05, 0.1) is 18.1 Å². The molecular formula is C13H15BrF3NO2. The lowest BCUT2D eigenvalue weighted by Crippen LogP contribution is -2.22. The van der Waals surface area contributed by atoms with Crippen LogP contribution in [0.5, 0.6) is 0 Å². The van der Waals surface area contributed by atoms with Crippen LogP contribution in [-0.2, 0) is 15.7 Å². The van der Waals surface area contributed by atoms with Gasteiger partial charge in [-0.1, -0.05) is 22.9 Å². The number of hydrogen-bond acceptors (Lipinski definition) is 3. The van der Waals surface area contributed by atoms with E-state index in [9.17, 15) is 18.0 Å². The van der Waals surface area contributed by atoms with Crippen molar-refractivity contribution < 1.29 is 22.7 Å². The van der Waals surface area contributed by atoms with Crippen LogP contribution in [0.1, 0.15) is 19.4 Å². The Balaban J connectivity index is 2.74. The Hall–Kier alpha value is -1.24. The summed E-state index contributed by atoms with van der Waals surface area (Å²) in [6, 6.07) is 3.52. The molecule has 1 aromatic carbocycles. The van der Waals surface area contributed by atoms with Gasteiger partial charge in [-0.3, -0.25) is 4.79 Å². The molecule has 0 fully saturated rings. The maximum atomic E-state index is 12.7. The van der Waals surface area contributed by atoms with E-state index in [1.54, 1.807) is 13.8 Å². The van der Waals surface area contributed by atoms with Gasteiger partial charge in [0.1, 0.15) is 0 Å². The highest BCUT2D eigenvalue weighted by molar-refractivity contribution is 9.10. The van der Waals surface area contributed by atoms with Crippen LogP contribution < -0.4 is 5.32 Å². The first-order valence-electron chi connectivity index (χ1n) is 6.02. The number of carbonyl (C=O) groups is 1. The third-order valence-electron chi connectivity index (χ3n) is 2.53. The van der Waals surface area contributed by atoms with Crippen molar-refractivity contribution in [2.24, 2.45) is 5.92 Å². The Kier molecular flexibility index (Phi) is 5.86. The average Bonchev–Trinajstić information content (AvgIpc) is 2.34. The molecule has 0 radical (unpaired) electrons. The molecule has 20 heavy (non-hydrogen) atoms. The van der Waals surface area contributed by atoms with Crippen LogP contribution in [0, 0.1) is 5.92 Å². The van der Waals surface area contributed by atoms with E-state index in [4.69, 9.17) is 4.74 Å². The summed E-state index contributed by atoms with van der Waals surface area (Å²) >= 11 is 3.03. The highest BCUT2D eigenvalue weighted by Gasteiger charge is 2.31. The number of benzene rings is 1. The minimum absolute atomic E-state index is 0.201. The molecule has 0 aromatic heterocycles. The van der Waals surface area contributed by atoms with Crippen LogP contribution in [0.25, 0.3) is 0 Å². The molecule has 1 unspecified atom stereocenters. The summed E-state index contributed by atoms with van der Waals surface area (Å²) in [6.45, 7) is 3.82. The van der Waals surface area contributed by atoms with Crippen molar-refractivity contribution in [2.45, 2.75) is 20.0 Å². The molecule has 0 saturated heterocycles. The summed E-state index contributed by atoms with van der Waals surface area (Å²) in [5.74, 6) is -0.825. The molecule has 0 spiro atoms. The Bertz CT molecular complexity index is 477. The Labute approximate surface area is 123 Å². The lowest BCUT2D eigenvalue weighted by molar-refractivity contribution is -0.146. The molecule has 1 aromatic rings. The summed E-state index contributed by atoms with van der Waals surface area (Å²) in [4.78, 5) is 11.4. The van der Waals surface area contributed by atoms with Crippen LogP contribution in [0.15, 0.2) is 22.7 Å². The summed E-state index contributed by atoms with van der Waals surface area (Å²) in [5, 5.41) is 2.81. The van der Waals surface area contributed by atoms with Gasteiger partial charge in [0.2, 0.25) is 0 Å². The molecule has 1 atom stereocenters. The first-order chi connectivity index (χ1) is 9.24. The quantitative estimate of drug-likeness (QED) is 0.810. The van der Waals surface area contributed by atoms with Crippen molar-refractivity contribution in [3.05, 3.63) is 28.2 Å². The zero-order valence-corrected chi connectivity index (χ0v) is 12.6. The van der Waals surface area contributed by atoms with Crippen molar-refractivity contribution >= 4 is 27.6 Å². The van der Waals surface area contributed by atoms with Crippen molar-refractivity contribution in [2.75, 3.05) is 18.5 Å². The standard InChI is InChI=1S/C13H15BrF3NO2/c1-3-20-12(19)8(2)7-18-11-5-9(13(15,16)17)4-10(14)6-11/h4-6,8,18H,3,7H2,1-2H3. The molecule has 1 N–H and O–H groups in total. The van der Waals surface area contributed by atoms with Gasteiger partial charge in [-0.15, -0.1) is 0 Å². The largest absolute Gasteiger partial charge is 0.466 e. The predicted molar refractivity (Wildman–Crippen MR) is 73.4 cm³/mol. The molecule has 0 heterocycles. The van der Waals surface area contributed by atoms with Gasteiger partial charge in [-0.25, -0.2) is 0 Å². The fourth-order valence-electron chi connectivity index (χ4n) is 1.49. The second-order valence-electron chi connectivity index (χ2n) is 4.26. The van der Waals surface area contributed by atoms with E-state index in [-0.39, 0.29) is 19.1 Å². The smallest absolute Gasteiger partial charge is 0.416 e. The fraction of sp³-hybridized carbons (Fsp3) is 0.462. The molecule has 0 amide bonds. The van der Waals surface area contributed by atoms with E-state index >= 15 is 0 Å². The molecule has 0 aliphatic carbocycles. The summed E-state index contributed by atoms with van der Waals surface area (Å²) in [5.41, 5.74) is -0.457. The first kappa shape index (κ1) is 16.8. The Morgan fingerprint density at radius 1 is 1.40 bits per heavy atom. The zero-order chi connectivity index (χ0) is 15.3. The summed E-state index contributed by atoms with van der Waals surface area (Å²) in [6.07, 6.45) is -4.41. The van der Waals surface area contributed by atoms with Gasteiger partial charge in [0.25, 0.3) is 0 Å². The monoisotopic (exact) mass is 353 g/mol. The van der Waals surface area contributed by atoms with E-state index in [1.165, 1.54) is 6.07 Å². The second kappa shape index (κ2) is 6.97. The third-order valence-corrected chi connectivity index (χ3v) is 2.98. The number of rotatable bonds is 5. The van der Waals surface area contributed by atoms with E-state index in [2.05, 4.69) is 21.2 Å². The van der Waals surface area contributed by atoms with Crippen molar-refractivity contribution in [3.63, 3.8) is 0 Å². The lowest BCUT2D eigenvalue weighted by atomic mass is 10.1. The number of alkyl halides is 3. The molecule has 7 heteroatoms. The molecule has 1 rings (SSSR count). The van der Waals surface area contributed by atoms with Crippen LogP contribution in [-0.4, -0.2) is 19.1 Å². The topological polar surface area (TPSA) is 38.3 Å². The highest BCUT2D eigenvalue weighted by atomic mass is 79.9. The molecule has 0 aliphatic heterocycles. The number of anilines is 1. The van der Waals surface area contributed by atoms with Gasteiger partial charge in [0, 0.05) is 16.7 Å². The Morgan fingerprint density at radius 3 is 2.60 bits per heavy atom. The number of hydrogen-bond donors (Lipinski definition) is 1. The van der Waals surface area contributed by atoms with Crippen LogP contribution >= 0.6 is 15.9 Å². The molecule has 112 valence electrons. The fourth-order valence-corrected chi connectivity index (χ4v) is 1.99. The summed E-state index contributed by atoms with van der Waals surface area (Å²) in [7, 11) is 0. The van der Waals surface area contributed by atoms with Crippen molar-refractivity contribution in [1.82, 2.24) is 0 Å². The SMILES string of the molecule is CCOC(=O)C(C)CNc1cc(Br)cc(C(F)(F)F)c1. The first-order valence-corrected chi connectivity index (χ1v) is 6.81. The third kappa shape index (κ3) is 5.03. The molecule has 0 aliphatic rings. The minimum Gasteiger partial charge on any atom is -0.466 e. The molecular weight excluding hydrogens is 339 g/mol. The normalized spacial score (nSPS) is 12.9. The van der Waals surface area contributed by atoms with Gasteiger partial charge in [0.15, 0.2) is 0 Å². The maximum absolute atomic E-state index is 12.7. The maximum Gasteiger partial charge on any atom is 0.416 e.